The highest BCUT2D eigenvalue weighted by Gasteiger charge is 2.33. The zero-order valence-electron chi connectivity index (χ0n) is 8.12. The molecule has 0 aromatic heterocycles. The van der Waals surface area contributed by atoms with Gasteiger partial charge >= 0.3 is 12.3 Å². The van der Waals surface area contributed by atoms with Gasteiger partial charge in [-0.15, -0.1) is 13.2 Å². The Morgan fingerprint density at radius 2 is 2.06 bits per heavy atom. The molecule has 0 spiro atoms. The number of hydrogen-bond donors (Lipinski definition) is 1. The first kappa shape index (κ1) is 12.7. The number of aromatic carboxylic acids is 1. The second kappa shape index (κ2) is 4.65. The number of carbonyl (C=O) groups is 1. The lowest BCUT2D eigenvalue weighted by Gasteiger charge is -2.12. The van der Waals surface area contributed by atoms with E-state index in [1.165, 1.54) is 0 Å². The summed E-state index contributed by atoms with van der Waals surface area (Å²) in [5.74, 6) is -2.96. The van der Waals surface area contributed by atoms with Gasteiger partial charge in [0.05, 0.1) is 0 Å². The number of carboxylic acids is 1. The Morgan fingerprint density at radius 3 is 2.53 bits per heavy atom. The second-order valence-corrected chi connectivity index (χ2v) is 2.71. The van der Waals surface area contributed by atoms with Gasteiger partial charge in [-0.3, -0.25) is 0 Å². The van der Waals surface area contributed by atoms with Crippen molar-refractivity contribution < 1.29 is 32.5 Å². The minimum absolute atomic E-state index is 0.523. The zero-order chi connectivity index (χ0) is 13.1. The molecule has 0 unspecified atom stereocenters. The van der Waals surface area contributed by atoms with E-state index >= 15 is 0 Å². The van der Waals surface area contributed by atoms with Crippen LogP contribution >= 0.6 is 0 Å². The molecule has 0 fully saturated rings. The summed E-state index contributed by atoms with van der Waals surface area (Å²) in [4.78, 5) is 10.7. The van der Waals surface area contributed by atoms with E-state index in [2.05, 4.69) is 9.47 Å². The van der Waals surface area contributed by atoms with E-state index in [0.29, 0.717) is 0 Å². The van der Waals surface area contributed by atoms with Crippen LogP contribution in [0.4, 0.5) is 13.2 Å². The van der Waals surface area contributed by atoms with Gasteiger partial charge in [0.25, 0.3) is 0 Å². The number of halogens is 3. The number of carboxylic acid groups (broad SMARTS) is 1. The number of hydrogen-bond acceptors (Lipinski definition) is 3. The van der Waals surface area contributed by atoms with Crippen molar-refractivity contribution in [2.45, 2.75) is 6.36 Å². The Hall–Kier alpha value is -2.36. The summed E-state index contributed by atoms with van der Waals surface area (Å²) in [6.45, 7) is 0. The van der Waals surface area contributed by atoms with E-state index in [1.807, 2.05) is 0 Å². The number of para-hydroxylation sites is 1. The number of alkyl halides is 3. The average Bonchev–Trinajstić information content (AvgIpc) is 2.18. The molecule has 1 aromatic carbocycles. The number of benzene rings is 1. The van der Waals surface area contributed by atoms with Crippen molar-refractivity contribution in [2.24, 2.45) is 0 Å². The molecule has 0 saturated carbocycles. The lowest BCUT2D eigenvalue weighted by molar-refractivity contribution is -0.275. The molecule has 0 aliphatic heterocycles. The molecule has 1 aromatic rings. The molecule has 0 amide bonds. The molecule has 0 saturated heterocycles. The fraction of sp³-hybridized carbons (Fsp3) is 0.100. The number of terminal acetylenes is 1. The molecule has 0 heterocycles. The summed E-state index contributed by atoms with van der Waals surface area (Å²) in [6.07, 6.45) is 1.39. The fourth-order valence-electron chi connectivity index (χ4n) is 1.05. The van der Waals surface area contributed by atoms with Gasteiger partial charge in [-0.2, -0.15) is 0 Å². The van der Waals surface area contributed by atoms with Crippen molar-refractivity contribution in [3.05, 3.63) is 23.8 Å². The van der Waals surface area contributed by atoms with Crippen molar-refractivity contribution in [1.82, 2.24) is 0 Å². The lowest BCUT2D eigenvalue weighted by atomic mass is 10.2. The second-order valence-electron chi connectivity index (χ2n) is 2.71. The Morgan fingerprint density at radius 1 is 1.41 bits per heavy atom. The quantitative estimate of drug-likeness (QED) is 0.831. The van der Waals surface area contributed by atoms with Crippen molar-refractivity contribution in [2.75, 3.05) is 0 Å². The van der Waals surface area contributed by atoms with Gasteiger partial charge in [0.15, 0.2) is 11.5 Å². The topological polar surface area (TPSA) is 55.8 Å². The highest BCUT2D eigenvalue weighted by molar-refractivity contribution is 5.92. The van der Waals surface area contributed by atoms with Gasteiger partial charge in [0.1, 0.15) is 11.7 Å². The molecule has 0 aliphatic rings. The number of rotatable bonds is 3. The van der Waals surface area contributed by atoms with Crippen LogP contribution in [0, 0.1) is 12.5 Å². The minimum atomic E-state index is -4.97. The van der Waals surface area contributed by atoms with Gasteiger partial charge in [-0.25, -0.2) is 4.79 Å². The normalized spacial score (nSPS) is 10.5. The van der Waals surface area contributed by atoms with Crippen LogP contribution in [0.5, 0.6) is 11.5 Å². The monoisotopic (exact) mass is 246 g/mol. The predicted molar refractivity (Wildman–Crippen MR) is 49.5 cm³/mol. The molecule has 7 heteroatoms. The molecular formula is C10H5F3O4. The maximum absolute atomic E-state index is 12.0. The van der Waals surface area contributed by atoms with E-state index in [4.69, 9.17) is 11.5 Å². The summed E-state index contributed by atoms with van der Waals surface area (Å²) in [5.41, 5.74) is -0.523. The van der Waals surface area contributed by atoms with Crippen molar-refractivity contribution >= 4 is 5.97 Å². The molecule has 1 rings (SSSR count). The summed E-state index contributed by atoms with van der Waals surface area (Å²) < 4.78 is 44.0. The molecule has 1 N–H and O–H groups in total. The first-order valence-corrected chi connectivity index (χ1v) is 4.09. The van der Waals surface area contributed by atoms with Gasteiger partial charge < -0.3 is 14.6 Å². The van der Waals surface area contributed by atoms with Crippen LogP contribution in [0.1, 0.15) is 10.4 Å². The summed E-state index contributed by atoms with van der Waals surface area (Å²) >= 11 is 0. The van der Waals surface area contributed by atoms with E-state index in [-0.39, 0.29) is 0 Å². The average molecular weight is 246 g/mol. The largest absolute Gasteiger partial charge is 0.573 e. The summed E-state index contributed by atoms with van der Waals surface area (Å²) in [5, 5.41) is 8.73. The van der Waals surface area contributed by atoms with Crippen LogP contribution in [0.3, 0.4) is 0 Å². The summed E-state index contributed by atoms with van der Waals surface area (Å²) in [7, 11) is 0. The molecular weight excluding hydrogens is 241 g/mol. The molecule has 17 heavy (non-hydrogen) atoms. The van der Waals surface area contributed by atoms with Crippen molar-refractivity contribution in [3.8, 4) is 24.0 Å². The SMILES string of the molecule is C#COc1c(OC(F)(F)F)cccc1C(=O)O. The highest BCUT2D eigenvalue weighted by Crippen LogP contribution is 2.35. The third-order valence-electron chi connectivity index (χ3n) is 1.60. The van der Waals surface area contributed by atoms with Crippen LogP contribution in [0.2, 0.25) is 0 Å². The van der Waals surface area contributed by atoms with Crippen LogP contribution in [-0.2, 0) is 0 Å². The van der Waals surface area contributed by atoms with Crippen molar-refractivity contribution in [3.63, 3.8) is 0 Å². The maximum atomic E-state index is 12.0. The first-order valence-electron chi connectivity index (χ1n) is 4.09. The smallest absolute Gasteiger partial charge is 0.478 e. The third kappa shape index (κ3) is 3.31. The van der Waals surface area contributed by atoms with Gasteiger partial charge in [-0.1, -0.05) is 12.5 Å². The van der Waals surface area contributed by atoms with Crippen LogP contribution < -0.4 is 9.47 Å². The van der Waals surface area contributed by atoms with Gasteiger partial charge in [0.2, 0.25) is 0 Å². The van der Waals surface area contributed by atoms with Gasteiger partial charge in [-0.05, 0) is 12.1 Å². The predicted octanol–water partition coefficient (Wildman–Crippen LogP) is 2.25. The maximum Gasteiger partial charge on any atom is 0.573 e. The van der Waals surface area contributed by atoms with E-state index in [0.717, 1.165) is 18.2 Å². The Kier molecular flexibility index (Phi) is 3.48. The lowest BCUT2D eigenvalue weighted by Crippen LogP contribution is -2.18. The van der Waals surface area contributed by atoms with Crippen LogP contribution in [0.25, 0.3) is 0 Å². The fourth-order valence-corrected chi connectivity index (χ4v) is 1.05. The van der Waals surface area contributed by atoms with E-state index in [9.17, 15) is 18.0 Å². The standard InChI is InChI=1S/C10H5F3O4/c1-2-16-8-6(9(14)15)4-3-5-7(8)17-10(11,12)13/h1,3-5H,(H,14,15). The molecule has 0 atom stereocenters. The Labute approximate surface area is 93.6 Å². The zero-order valence-corrected chi connectivity index (χ0v) is 8.12. The van der Waals surface area contributed by atoms with Crippen LogP contribution in [-0.4, -0.2) is 17.4 Å². The molecule has 90 valence electrons. The summed E-state index contributed by atoms with van der Waals surface area (Å²) in [6, 6.07) is 3.01. The third-order valence-corrected chi connectivity index (χ3v) is 1.60. The Bertz CT molecular complexity index is 473. The van der Waals surface area contributed by atoms with Gasteiger partial charge in [0, 0.05) is 0 Å². The van der Waals surface area contributed by atoms with E-state index < -0.39 is 29.4 Å². The molecule has 0 bridgehead atoms. The molecule has 0 radical (unpaired) electrons. The first-order chi connectivity index (χ1) is 7.85. The Balaban J connectivity index is 3.26. The molecule has 4 nitrogen and oxygen atoms in total. The van der Waals surface area contributed by atoms with E-state index in [1.54, 1.807) is 6.11 Å². The number of ether oxygens (including phenoxy) is 2. The highest BCUT2D eigenvalue weighted by atomic mass is 19.4. The van der Waals surface area contributed by atoms with Crippen LogP contribution in [0.15, 0.2) is 18.2 Å². The van der Waals surface area contributed by atoms with Crippen molar-refractivity contribution in [1.29, 1.82) is 0 Å². The minimum Gasteiger partial charge on any atom is -0.478 e. The molecule has 0 aliphatic carbocycles.